The normalized spacial score (nSPS) is 12.9. The first-order valence-electron chi connectivity index (χ1n) is 12.4. The third-order valence-corrected chi connectivity index (χ3v) is 7.12. The van der Waals surface area contributed by atoms with E-state index in [1.54, 1.807) is 24.3 Å². The zero-order chi connectivity index (χ0) is 27.6. The molecule has 0 aliphatic heterocycles. The number of amides is 3. The van der Waals surface area contributed by atoms with Crippen molar-refractivity contribution in [3.05, 3.63) is 70.5 Å². The van der Waals surface area contributed by atoms with Gasteiger partial charge in [0.2, 0.25) is 0 Å². The van der Waals surface area contributed by atoms with Gasteiger partial charge in [0.25, 0.3) is 17.7 Å². The molecule has 3 amide bonds. The van der Waals surface area contributed by atoms with Gasteiger partial charge in [-0.1, -0.05) is 36.7 Å². The maximum atomic E-state index is 12.9. The largest absolute Gasteiger partial charge is 0.496 e. The third-order valence-electron chi connectivity index (χ3n) is 6.94. The number of nitrogens with one attached hydrogen (secondary N) is 3. The number of aromatic nitrogens is 1. The molecule has 8 nitrogen and oxygen atoms in total. The molecular weight excluding hydrogens is 504 g/mol. The van der Waals surface area contributed by atoms with Gasteiger partial charge in [-0.15, -0.1) is 0 Å². The van der Waals surface area contributed by atoms with E-state index < -0.39 is 11.8 Å². The Hall–Kier alpha value is -4.04. The van der Waals surface area contributed by atoms with Gasteiger partial charge < -0.3 is 26.1 Å². The highest BCUT2D eigenvalue weighted by molar-refractivity contribution is 6.43. The molecule has 0 atom stereocenters. The molecule has 1 fully saturated rings. The molecule has 9 heteroatoms. The summed E-state index contributed by atoms with van der Waals surface area (Å²) in [4.78, 5) is 40.4. The number of ether oxygens (including phenoxy) is 1. The van der Waals surface area contributed by atoms with Crippen LogP contribution in [0.3, 0.4) is 0 Å². The number of hydrogen-bond donors (Lipinski definition) is 4. The van der Waals surface area contributed by atoms with Gasteiger partial charge in [0, 0.05) is 29.1 Å². The van der Waals surface area contributed by atoms with Crippen molar-refractivity contribution in [1.29, 1.82) is 0 Å². The number of primary amides is 1. The third kappa shape index (κ3) is 5.45. The minimum atomic E-state index is -0.613. The van der Waals surface area contributed by atoms with Crippen molar-refractivity contribution >= 4 is 35.0 Å². The number of hydrogen-bond acceptors (Lipinski definition) is 4. The van der Waals surface area contributed by atoms with Crippen LogP contribution in [0.4, 0.5) is 5.69 Å². The average Bonchev–Trinajstić information content (AvgIpc) is 3.19. The summed E-state index contributed by atoms with van der Waals surface area (Å²) in [6, 6.07) is 10.6. The Morgan fingerprint density at radius 1 is 1.13 bits per heavy atom. The first-order chi connectivity index (χ1) is 18.1. The SMILES string of the molecule is C=C(Cl)C(=O)Nc1ccc(-c2c(C)[nH]c(C(N)=O)c2-c2ccc(C(=O)NCC3CCC3)c(OC)c2)c(C)c1. The quantitative estimate of drug-likeness (QED) is 0.278. The molecule has 0 spiro atoms. The van der Waals surface area contributed by atoms with E-state index in [2.05, 4.69) is 22.2 Å². The molecule has 198 valence electrons. The van der Waals surface area contributed by atoms with Crippen LogP contribution in [-0.2, 0) is 4.79 Å². The number of methoxy groups -OCH3 is 1. The molecular formula is C29H31ClN4O4. The van der Waals surface area contributed by atoms with Gasteiger partial charge in [-0.3, -0.25) is 14.4 Å². The van der Waals surface area contributed by atoms with Crippen molar-refractivity contribution in [2.75, 3.05) is 19.0 Å². The van der Waals surface area contributed by atoms with E-state index in [-0.39, 0.29) is 16.6 Å². The highest BCUT2D eigenvalue weighted by Crippen LogP contribution is 2.41. The van der Waals surface area contributed by atoms with Crippen LogP contribution < -0.4 is 21.1 Å². The van der Waals surface area contributed by atoms with Crippen LogP contribution in [0, 0.1) is 19.8 Å². The van der Waals surface area contributed by atoms with Gasteiger partial charge in [-0.25, -0.2) is 0 Å². The number of nitrogens with two attached hydrogens (primary N) is 1. The van der Waals surface area contributed by atoms with Gasteiger partial charge in [0.1, 0.15) is 11.4 Å². The molecule has 0 radical (unpaired) electrons. The second kappa shape index (κ2) is 11.1. The fourth-order valence-electron chi connectivity index (χ4n) is 4.72. The molecule has 2 aromatic carbocycles. The molecule has 1 aliphatic rings. The Kier molecular flexibility index (Phi) is 7.92. The van der Waals surface area contributed by atoms with E-state index in [4.69, 9.17) is 22.1 Å². The minimum absolute atomic E-state index is 0.115. The summed E-state index contributed by atoms with van der Waals surface area (Å²) in [7, 11) is 1.51. The predicted molar refractivity (Wildman–Crippen MR) is 150 cm³/mol. The first-order valence-corrected chi connectivity index (χ1v) is 12.7. The molecule has 4 rings (SSSR count). The molecule has 5 N–H and O–H groups in total. The molecule has 0 bridgehead atoms. The summed E-state index contributed by atoms with van der Waals surface area (Å²) in [6.45, 7) is 7.84. The summed E-state index contributed by atoms with van der Waals surface area (Å²) in [5, 5.41) is 5.58. The van der Waals surface area contributed by atoms with Crippen LogP contribution in [0.25, 0.3) is 22.3 Å². The average molecular weight is 535 g/mol. The number of carbonyl (C=O) groups is 3. The molecule has 0 saturated heterocycles. The highest BCUT2D eigenvalue weighted by Gasteiger charge is 2.25. The van der Waals surface area contributed by atoms with Crippen LogP contribution in [0.1, 0.15) is 51.4 Å². The number of carbonyl (C=O) groups excluding carboxylic acids is 3. The number of aromatic amines is 1. The van der Waals surface area contributed by atoms with Crippen molar-refractivity contribution < 1.29 is 19.1 Å². The number of halogens is 1. The summed E-state index contributed by atoms with van der Waals surface area (Å²) in [6.07, 6.45) is 3.48. The van der Waals surface area contributed by atoms with Crippen molar-refractivity contribution in [3.63, 3.8) is 0 Å². The number of aryl methyl sites for hydroxylation is 2. The summed E-state index contributed by atoms with van der Waals surface area (Å²) < 4.78 is 5.58. The van der Waals surface area contributed by atoms with Crippen LogP contribution in [0.15, 0.2) is 48.0 Å². The molecule has 1 aromatic heterocycles. The van der Waals surface area contributed by atoms with Gasteiger partial charge in [0.05, 0.1) is 17.7 Å². The van der Waals surface area contributed by atoms with E-state index in [1.165, 1.54) is 13.5 Å². The van der Waals surface area contributed by atoms with Crippen molar-refractivity contribution in [3.8, 4) is 28.0 Å². The fraction of sp³-hybridized carbons (Fsp3) is 0.276. The first kappa shape index (κ1) is 27.0. The second-order valence-corrected chi connectivity index (χ2v) is 10.0. The zero-order valence-corrected chi connectivity index (χ0v) is 22.4. The Morgan fingerprint density at radius 3 is 2.45 bits per heavy atom. The maximum Gasteiger partial charge on any atom is 0.266 e. The molecule has 1 aliphatic carbocycles. The van der Waals surface area contributed by atoms with E-state index in [1.807, 2.05) is 26.0 Å². The standard InChI is InChI=1S/C29H31ClN4O4/c1-15-12-20(34-28(36)16(2)30)9-11-21(15)24-17(3)33-26(27(31)35)25(24)19-8-10-22(23(13-19)38-4)29(37)32-14-18-6-5-7-18/h8-13,18,33H,2,5-7,14H2,1,3-4H3,(H2,31,35)(H,32,37)(H,34,36). The molecule has 1 heterocycles. The smallest absolute Gasteiger partial charge is 0.266 e. The number of benzene rings is 2. The lowest BCUT2D eigenvalue weighted by atomic mass is 9.85. The number of H-pyrrole nitrogens is 1. The second-order valence-electron chi connectivity index (χ2n) is 9.55. The Bertz CT molecular complexity index is 1440. The van der Waals surface area contributed by atoms with Crippen molar-refractivity contribution in [2.45, 2.75) is 33.1 Å². The summed E-state index contributed by atoms with van der Waals surface area (Å²) in [5.41, 5.74) is 11.5. The van der Waals surface area contributed by atoms with Crippen LogP contribution in [0.2, 0.25) is 0 Å². The van der Waals surface area contributed by atoms with Gasteiger partial charge in [-0.05, 0) is 73.6 Å². The topological polar surface area (TPSA) is 126 Å². The van der Waals surface area contributed by atoms with E-state index >= 15 is 0 Å². The van der Waals surface area contributed by atoms with Crippen LogP contribution in [-0.4, -0.2) is 36.4 Å². The molecule has 38 heavy (non-hydrogen) atoms. The van der Waals surface area contributed by atoms with Crippen molar-refractivity contribution in [2.24, 2.45) is 11.7 Å². The molecule has 3 aromatic rings. The van der Waals surface area contributed by atoms with E-state index in [0.717, 1.165) is 35.2 Å². The van der Waals surface area contributed by atoms with Crippen LogP contribution >= 0.6 is 11.6 Å². The molecule has 1 saturated carbocycles. The Morgan fingerprint density at radius 2 is 1.87 bits per heavy atom. The lowest BCUT2D eigenvalue weighted by Gasteiger charge is -2.25. The monoisotopic (exact) mass is 534 g/mol. The fourth-order valence-corrected chi connectivity index (χ4v) is 4.77. The maximum absolute atomic E-state index is 12.9. The number of anilines is 1. The number of rotatable bonds is 9. The zero-order valence-electron chi connectivity index (χ0n) is 21.7. The van der Waals surface area contributed by atoms with E-state index in [9.17, 15) is 14.4 Å². The Labute approximate surface area is 226 Å². The minimum Gasteiger partial charge on any atom is -0.496 e. The van der Waals surface area contributed by atoms with Gasteiger partial charge >= 0.3 is 0 Å². The van der Waals surface area contributed by atoms with Crippen molar-refractivity contribution in [1.82, 2.24) is 10.3 Å². The predicted octanol–water partition coefficient (Wildman–Crippen LogP) is 5.29. The summed E-state index contributed by atoms with van der Waals surface area (Å²) in [5.74, 6) is -0.376. The lowest BCUT2D eigenvalue weighted by molar-refractivity contribution is -0.112. The van der Waals surface area contributed by atoms with Crippen LogP contribution in [0.5, 0.6) is 5.75 Å². The lowest BCUT2D eigenvalue weighted by Crippen LogP contribution is -2.32. The molecule has 0 unspecified atom stereocenters. The Balaban J connectivity index is 1.75. The highest BCUT2D eigenvalue weighted by atomic mass is 35.5. The van der Waals surface area contributed by atoms with Gasteiger partial charge in [0.15, 0.2) is 0 Å². The van der Waals surface area contributed by atoms with Gasteiger partial charge in [-0.2, -0.15) is 0 Å². The summed E-state index contributed by atoms with van der Waals surface area (Å²) >= 11 is 5.69. The van der Waals surface area contributed by atoms with E-state index in [0.29, 0.717) is 40.6 Å².